The molecule has 0 aliphatic heterocycles. The Morgan fingerprint density at radius 2 is 1.62 bits per heavy atom. The summed E-state index contributed by atoms with van der Waals surface area (Å²) in [5, 5.41) is 3.34. The van der Waals surface area contributed by atoms with E-state index in [1.807, 2.05) is 42.7 Å². The number of hydrogen-bond acceptors (Lipinski definition) is 1. The van der Waals surface area contributed by atoms with E-state index in [4.69, 9.17) is 0 Å². The molecule has 1 aromatic heterocycles. The molecule has 4 rings (SSSR count). The van der Waals surface area contributed by atoms with Crippen molar-refractivity contribution in [2.24, 2.45) is 5.92 Å². The first kappa shape index (κ1) is 19.5. The molecule has 1 atom stereocenters. The van der Waals surface area contributed by atoms with Crippen LogP contribution in [0.5, 0.6) is 0 Å². The molecule has 1 heterocycles. The Hall–Kier alpha value is -2.81. The summed E-state index contributed by atoms with van der Waals surface area (Å²) in [5.74, 6) is 1.25. The first-order valence-corrected chi connectivity index (χ1v) is 10.8. The molecule has 1 unspecified atom stereocenters. The van der Waals surface area contributed by atoms with Crippen molar-refractivity contribution >= 4 is 5.91 Å². The normalized spacial score (nSPS) is 20.2. The lowest BCUT2D eigenvalue weighted by molar-refractivity contribution is 0.0910. The zero-order valence-corrected chi connectivity index (χ0v) is 17.1. The van der Waals surface area contributed by atoms with E-state index in [1.165, 1.54) is 31.2 Å². The van der Waals surface area contributed by atoms with Crippen LogP contribution in [0.4, 0.5) is 0 Å². The smallest absolute Gasteiger partial charge is 0.253 e. The average molecular weight is 387 g/mol. The average Bonchev–Trinajstić information content (AvgIpc) is 3.29. The van der Waals surface area contributed by atoms with Gasteiger partial charge in [0.15, 0.2) is 0 Å². The standard InChI is InChI=1S/C26H30N2O/c1-2-25(22-15-13-20(14-16-22)19-9-5-3-6-10-19)28-26(29)24-18-27-17-23(24)21-11-7-4-8-12-21/h3-12,17-18,20,22,25,27H,2,13-16H2,1H3,(H,28,29). The van der Waals surface area contributed by atoms with Crippen LogP contribution in [-0.2, 0) is 0 Å². The van der Waals surface area contributed by atoms with Gasteiger partial charge in [-0.1, -0.05) is 67.6 Å². The third kappa shape index (κ3) is 4.45. The number of amides is 1. The first-order chi connectivity index (χ1) is 14.3. The molecule has 3 aromatic rings. The molecule has 0 bridgehead atoms. The fourth-order valence-corrected chi connectivity index (χ4v) is 4.79. The number of hydrogen-bond donors (Lipinski definition) is 2. The molecule has 0 saturated heterocycles. The number of benzene rings is 2. The third-order valence-corrected chi connectivity index (χ3v) is 6.44. The Bertz CT molecular complexity index is 908. The maximum atomic E-state index is 13.1. The van der Waals surface area contributed by atoms with Crippen LogP contribution in [0.3, 0.4) is 0 Å². The van der Waals surface area contributed by atoms with Crippen LogP contribution in [0.2, 0.25) is 0 Å². The quantitative estimate of drug-likeness (QED) is 0.523. The second-order valence-corrected chi connectivity index (χ2v) is 8.16. The molecule has 1 saturated carbocycles. The summed E-state index contributed by atoms with van der Waals surface area (Å²) in [4.78, 5) is 16.2. The van der Waals surface area contributed by atoms with Crippen LogP contribution < -0.4 is 5.32 Å². The highest BCUT2D eigenvalue weighted by Gasteiger charge is 2.29. The molecule has 0 radical (unpaired) electrons. The third-order valence-electron chi connectivity index (χ3n) is 6.44. The van der Waals surface area contributed by atoms with Gasteiger partial charge in [-0.05, 0) is 55.1 Å². The Morgan fingerprint density at radius 3 is 2.28 bits per heavy atom. The van der Waals surface area contributed by atoms with Crippen molar-refractivity contribution < 1.29 is 4.79 Å². The Labute approximate surface area is 173 Å². The van der Waals surface area contributed by atoms with E-state index in [-0.39, 0.29) is 11.9 Å². The van der Waals surface area contributed by atoms with Gasteiger partial charge in [-0.15, -0.1) is 0 Å². The summed E-state index contributed by atoms with van der Waals surface area (Å²) in [7, 11) is 0. The minimum atomic E-state index is 0.0298. The molecular weight excluding hydrogens is 356 g/mol. The van der Waals surface area contributed by atoms with Gasteiger partial charge in [-0.25, -0.2) is 0 Å². The summed E-state index contributed by atoms with van der Waals surface area (Å²) >= 11 is 0. The van der Waals surface area contributed by atoms with Crippen LogP contribution in [0.1, 0.15) is 60.9 Å². The van der Waals surface area contributed by atoms with Crippen LogP contribution >= 0.6 is 0 Å². The van der Waals surface area contributed by atoms with Gasteiger partial charge in [-0.3, -0.25) is 4.79 Å². The van der Waals surface area contributed by atoms with E-state index in [1.54, 1.807) is 0 Å². The van der Waals surface area contributed by atoms with Gasteiger partial charge in [0.2, 0.25) is 0 Å². The molecule has 2 aromatic carbocycles. The van der Waals surface area contributed by atoms with Gasteiger partial charge >= 0.3 is 0 Å². The zero-order valence-electron chi connectivity index (χ0n) is 17.1. The van der Waals surface area contributed by atoms with E-state index < -0.39 is 0 Å². The van der Waals surface area contributed by atoms with Gasteiger partial charge in [0.1, 0.15) is 0 Å². The molecule has 150 valence electrons. The summed E-state index contributed by atoms with van der Waals surface area (Å²) in [5.41, 5.74) is 4.22. The largest absolute Gasteiger partial charge is 0.366 e. The van der Waals surface area contributed by atoms with Crippen molar-refractivity contribution in [2.75, 3.05) is 0 Å². The van der Waals surface area contributed by atoms with Crippen molar-refractivity contribution in [3.8, 4) is 11.1 Å². The predicted octanol–water partition coefficient (Wildman–Crippen LogP) is 6.16. The lowest BCUT2D eigenvalue weighted by Crippen LogP contribution is -2.41. The number of aromatic amines is 1. The molecular formula is C26H30N2O. The summed E-state index contributed by atoms with van der Waals surface area (Å²) in [6, 6.07) is 21.2. The molecule has 1 aliphatic rings. The molecule has 1 fully saturated rings. The topological polar surface area (TPSA) is 44.9 Å². The van der Waals surface area contributed by atoms with Crippen LogP contribution in [0.25, 0.3) is 11.1 Å². The maximum absolute atomic E-state index is 13.1. The summed E-state index contributed by atoms with van der Waals surface area (Å²) < 4.78 is 0. The van der Waals surface area contributed by atoms with E-state index in [2.05, 4.69) is 47.6 Å². The summed E-state index contributed by atoms with van der Waals surface area (Å²) in [6.45, 7) is 2.18. The second kappa shape index (κ2) is 9.13. The fraction of sp³-hybridized carbons (Fsp3) is 0.346. The van der Waals surface area contributed by atoms with Crippen LogP contribution in [0.15, 0.2) is 73.1 Å². The summed E-state index contributed by atoms with van der Waals surface area (Å²) in [6.07, 6.45) is 9.47. The van der Waals surface area contributed by atoms with Crippen molar-refractivity contribution in [3.05, 3.63) is 84.2 Å². The molecule has 3 heteroatoms. The Kier molecular flexibility index (Phi) is 6.14. The molecule has 3 nitrogen and oxygen atoms in total. The van der Waals surface area contributed by atoms with E-state index >= 15 is 0 Å². The first-order valence-electron chi connectivity index (χ1n) is 10.8. The number of nitrogens with one attached hydrogen (secondary N) is 2. The number of carbonyl (C=O) groups is 1. The van der Waals surface area contributed by atoms with Crippen molar-refractivity contribution in [3.63, 3.8) is 0 Å². The Morgan fingerprint density at radius 1 is 0.966 bits per heavy atom. The van der Waals surface area contributed by atoms with E-state index in [0.29, 0.717) is 11.8 Å². The molecule has 1 amide bonds. The number of H-pyrrole nitrogens is 1. The highest BCUT2D eigenvalue weighted by Crippen LogP contribution is 2.37. The second-order valence-electron chi connectivity index (χ2n) is 8.16. The van der Waals surface area contributed by atoms with Gasteiger partial charge in [0.25, 0.3) is 5.91 Å². The number of rotatable bonds is 6. The number of carbonyl (C=O) groups excluding carboxylic acids is 1. The van der Waals surface area contributed by atoms with Crippen molar-refractivity contribution in [1.82, 2.24) is 10.3 Å². The van der Waals surface area contributed by atoms with Crippen molar-refractivity contribution in [2.45, 2.75) is 51.0 Å². The van der Waals surface area contributed by atoms with E-state index in [9.17, 15) is 4.79 Å². The fourth-order valence-electron chi connectivity index (χ4n) is 4.79. The van der Waals surface area contributed by atoms with Gasteiger partial charge in [0, 0.05) is 24.0 Å². The van der Waals surface area contributed by atoms with Gasteiger partial charge in [-0.2, -0.15) is 0 Å². The zero-order chi connectivity index (χ0) is 20.1. The van der Waals surface area contributed by atoms with Crippen LogP contribution in [0, 0.1) is 5.92 Å². The minimum absolute atomic E-state index is 0.0298. The molecule has 1 aliphatic carbocycles. The minimum Gasteiger partial charge on any atom is -0.366 e. The lowest BCUT2D eigenvalue weighted by atomic mass is 9.75. The highest BCUT2D eigenvalue weighted by molar-refractivity contribution is 6.00. The van der Waals surface area contributed by atoms with Gasteiger partial charge in [0.05, 0.1) is 5.56 Å². The predicted molar refractivity (Wildman–Crippen MR) is 119 cm³/mol. The van der Waals surface area contributed by atoms with Gasteiger partial charge < -0.3 is 10.3 Å². The maximum Gasteiger partial charge on any atom is 0.253 e. The molecule has 0 spiro atoms. The lowest BCUT2D eigenvalue weighted by Gasteiger charge is -2.34. The Balaban J connectivity index is 1.40. The number of aromatic nitrogens is 1. The highest BCUT2D eigenvalue weighted by atomic mass is 16.1. The van der Waals surface area contributed by atoms with Crippen LogP contribution in [-0.4, -0.2) is 16.9 Å². The van der Waals surface area contributed by atoms with E-state index in [0.717, 1.165) is 23.1 Å². The van der Waals surface area contributed by atoms with Crippen molar-refractivity contribution in [1.29, 1.82) is 0 Å². The molecule has 29 heavy (non-hydrogen) atoms. The monoisotopic (exact) mass is 386 g/mol. The molecule has 2 N–H and O–H groups in total. The SMILES string of the molecule is CCC(NC(=O)c1c[nH]cc1-c1ccccc1)C1CCC(c2ccccc2)CC1.